The van der Waals surface area contributed by atoms with E-state index in [2.05, 4.69) is 27.4 Å². The summed E-state index contributed by atoms with van der Waals surface area (Å²) < 4.78 is 0. The fraction of sp³-hybridized carbons (Fsp3) is 0.357. The molecule has 100 valence electrons. The molecule has 0 unspecified atom stereocenters. The number of unbranched alkanes of at least 4 members (excludes halogenated alkanes) is 1. The molecule has 2 aromatic rings. The number of H-pyrrole nitrogens is 1. The predicted octanol–water partition coefficient (Wildman–Crippen LogP) is 2.08. The van der Waals surface area contributed by atoms with Gasteiger partial charge in [0.25, 0.3) is 5.91 Å². The minimum absolute atomic E-state index is 0.0987. The highest BCUT2D eigenvalue weighted by molar-refractivity contribution is 5.94. The predicted molar refractivity (Wildman–Crippen MR) is 72.6 cm³/mol. The summed E-state index contributed by atoms with van der Waals surface area (Å²) >= 11 is 0. The minimum atomic E-state index is -0.0987. The van der Waals surface area contributed by atoms with Crippen molar-refractivity contribution in [1.29, 1.82) is 0 Å². The lowest BCUT2D eigenvalue weighted by atomic mass is 10.1. The van der Waals surface area contributed by atoms with E-state index in [1.165, 1.54) is 24.7 Å². The Bertz CT molecular complexity index is 505. The summed E-state index contributed by atoms with van der Waals surface area (Å²) in [5, 5.41) is 9.22. The van der Waals surface area contributed by atoms with Crippen LogP contribution in [0.4, 0.5) is 0 Å². The maximum absolute atomic E-state index is 11.9. The number of hydrogen-bond donors (Lipinski definition) is 2. The van der Waals surface area contributed by atoms with Gasteiger partial charge in [0.2, 0.25) is 0 Å². The lowest BCUT2D eigenvalue weighted by molar-refractivity contribution is 0.0950. The van der Waals surface area contributed by atoms with Gasteiger partial charge in [-0.1, -0.05) is 25.5 Å². The van der Waals surface area contributed by atoms with Crippen LogP contribution in [0.25, 0.3) is 0 Å². The summed E-state index contributed by atoms with van der Waals surface area (Å²) in [6, 6.07) is 7.75. The van der Waals surface area contributed by atoms with Crippen molar-refractivity contribution in [1.82, 2.24) is 20.5 Å². The first-order chi connectivity index (χ1) is 9.29. The van der Waals surface area contributed by atoms with Crippen LogP contribution in [0, 0.1) is 0 Å². The van der Waals surface area contributed by atoms with E-state index in [1.807, 2.05) is 24.3 Å². The van der Waals surface area contributed by atoms with E-state index in [0.29, 0.717) is 17.9 Å². The number of aromatic amines is 1. The molecule has 0 saturated carbocycles. The minimum Gasteiger partial charge on any atom is -0.345 e. The number of benzene rings is 1. The van der Waals surface area contributed by atoms with Crippen molar-refractivity contribution in [3.05, 3.63) is 47.5 Å². The summed E-state index contributed by atoms with van der Waals surface area (Å²) in [4.78, 5) is 15.8. The monoisotopic (exact) mass is 258 g/mol. The summed E-state index contributed by atoms with van der Waals surface area (Å²) in [6.45, 7) is 2.53. The number of carbonyl (C=O) groups is 1. The SMILES string of the molecule is CCCCc1ccc(C(=O)NCc2ncn[nH]2)cc1. The number of rotatable bonds is 6. The van der Waals surface area contributed by atoms with Gasteiger partial charge in [0.05, 0.1) is 6.54 Å². The Morgan fingerprint density at radius 2 is 2.11 bits per heavy atom. The molecule has 2 rings (SSSR count). The highest BCUT2D eigenvalue weighted by Gasteiger charge is 2.05. The topological polar surface area (TPSA) is 70.7 Å². The molecule has 0 fully saturated rings. The zero-order valence-electron chi connectivity index (χ0n) is 11.0. The van der Waals surface area contributed by atoms with Gasteiger partial charge in [0, 0.05) is 5.56 Å². The summed E-state index contributed by atoms with van der Waals surface area (Å²) in [7, 11) is 0. The number of carbonyl (C=O) groups excluding carboxylic acids is 1. The molecule has 2 N–H and O–H groups in total. The first-order valence-electron chi connectivity index (χ1n) is 6.51. The largest absolute Gasteiger partial charge is 0.345 e. The lowest BCUT2D eigenvalue weighted by Crippen LogP contribution is -2.23. The van der Waals surface area contributed by atoms with Crippen LogP contribution in [-0.4, -0.2) is 21.1 Å². The second kappa shape index (κ2) is 6.68. The molecule has 1 aromatic heterocycles. The van der Waals surface area contributed by atoms with Gasteiger partial charge in [0.1, 0.15) is 12.2 Å². The molecule has 0 aliphatic heterocycles. The number of aryl methyl sites for hydroxylation is 1. The molecule has 0 radical (unpaired) electrons. The van der Waals surface area contributed by atoms with E-state index in [1.54, 1.807) is 0 Å². The standard InChI is InChI=1S/C14H18N4O/c1-2-3-4-11-5-7-12(8-6-11)14(19)15-9-13-16-10-17-18-13/h5-8,10H,2-4,9H2,1H3,(H,15,19)(H,16,17,18). The Balaban J connectivity index is 1.88. The van der Waals surface area contributed by atoms with Crippen molar-refractivity contribution in [2.24, 2.45) is 0 Å². The van der Waals surface area contributed by atoms with Crippen molar-refractivity contribution < 1.29 is 4.79 Å². The van der Waals surface area contributed by atoms with E-state index in [9.17, 15) is 4.79 Å². The van der Waals surface area contributed by atoms with Gasteiger partial charge >= 0.3 is 0 Å². The molecule has 5 heteroatoms. The molecule has 0 aliphatic carbocycles. The van der Waals surface area contributed by atoms with Gasteiger partial charge < -0.3 is 5.32 Å². The van der Waals surface area contributed by atoms with E-state index in [4.69, 9.17) is 0 Å². The van der Waals surface area contributed by atoms with E-state index in [0.717, 1.165) is 6.42 Å². The van der Waals surface area contributed by atoms with Gasteiger partial charge in [-0.05, 0) is 30.5 Å². The van der Waals surface area contributed by atoms with E-state index < -0.39 is 0 Å². The van der Waals surface area contributed by atoms with Crippen molar-refractivity contribution in [3.8, 4) is 0 Å². The molecule has 0 aliphatic rings. The van der Waals surface area contributed by atoms with Crippen LogP contribution in [0.5, 0.6) is 0 Å². The molecule has 0 atom stereocenters. The van der Waals surface area contributed by atoms with Crippen molar-refractivity contribution >= 4 is 5.91 Å². The maximum Gasteiger partial charge on any atom is 0.251 e. The first kappa shape index (κ1) is 13.3. The molecular weight excluding hydrogens is 240 g/mol. The van der Waals surface area contributed by atoms with Gasteiger partial charge in [-0.15, -0.1) is 0 Å². The van der Waals surface area contributed by atoms with Crippen LogP contribution >= 0.6 is 0 Å². The second-order valence-electron chi connectivity index (χ2n) is 4.42. The van der Waals surface area contributed by atoms with Crippen LogP contribution in [-0.2, 0) is 13.0 Å². The number of nitrogens with zero attached hydrogens (tertiary/aromatic N) is 2. The number of amides is 1. The Kier molecular flexibility index (Phi) is 4.66. The Morgan fingerprint density at radius 1 is 1.32 bits per heavy atom. The Morgan fingerprint density at radius 3 is 2.74 bits per heavy atom. The van der Waals surface area contributed by atoms with E-state index >= 15 is 0 Å². The third kappa shape index (κ3) is 3.91. The molecule has 1 amide bonds. The average Bonchev–Trinajstić information content (AvgIpc) is 2.96. The molecule has 1 aromatic carbocycles. The molecule has 5 nitrogen and oxygen atoms in total. The fourth-order valence-electron chi connectivity index (χ4n) is 1.79. The van der Waals surface area contributed by atoms with E-state index in [-0.39, 0.29) is 5.91 Å². The third-order valence-corrected chi connectivity index (χ3v) is 2.92. The highest BCUT2D eigenvalue weighted by Crippen LogP contribution is 2.08. The van der Waals surface area contributed by atoms with Crippen LogP contribution in [0.2, 0.25) is 0 Å². The smallest absolute Gasteiger partial charge is 0.251 e. The maximum atomic E-state index is 11.9. The molecule has 19 heavy (non-hydrogen) atoms. The van der Waals surface area contributed by atoms with Gasteiger partial charge in [-0.3, -0.25) is 9.89 Å². The first-order valence-corrected chi connectivity index (χ1v) is 6.51. The fourth-order valence-corrected chi connectivity index (χ4v) is 1.79. The molecular formula is C14H18N4O. The summed E-state index contributed by atoms with van der Waals surface area (Å²) in [6.07, 6.45) is 4.84. The van der Waals surface area contributed by atoms with Crippen LogP contribution in [0.15, 0.2) is 30.6 Å². The van der Waals surface area contributed by atoms with Crippen LogP contribution in [0.1, 0.15) is 41.5 Å². The number of hydrogen-bond acceptors (Lipinski definition) is 3. The lowest BCUT2D eigenvalue weighted by Gasteiger charge is -2.04. The number of nitrogens with one attached hydrogen (secondary N) is 2. The molecule has 1 heterocycles. The highest BCUT2D eigenvalue weighted by atomic mass is 16.1. The van der Waals surface area contributed by atoms with Crippen molar-refractivity contribution in [3.63, 3.8) is 0 Å². The summed E-state index contributed by atoms with van der Waals surface area (Å²) in [5.74, 6) is 0.548. The molecule has 0 bridgehead atoms. The number of aromatic nitrogens is 3. The zero-order chi connectivity index (χ0) is 13.5. The van der Waals surface area contributed by atoms with Gasteiger partial charge in [-0.2, -0.15) is 5.10 Å². The molecule has 0 spiro atoms. The second-order valence-corrected chi connectivity index (χ2v) is 4.42. The quantitative estimate of drug-likeness (QED) is 0.833. The van der Waals surface area contributed by atoms with Gasteiger partial charge in [0.15, 0.2) is 0 Å². The molecule has 0 saturated heterocycles. The van der Waals surface area contributed by atoms with Crippen LogP contribution < -0.4 is 5.32 Å². The van der Waals surface area contributed by atoms with Crippen molar-refractivity contribution in [2.75, 3.05) is 0 Å². The normalized spacial score (nSPS) is 10.4. The Labute approximate surface area is 112 Å². The van der Waals surface area contributed by atoms with Gasteiger partial charge in [-0.25, -0.2) is 4.98 Å². The van der Waals surface area contributed by atoms with Crippen molar-refractivity contribution in [2.45, 2.75) is 32.7 Å². The Hall–Kier alpha value is -2.17. The third-order valence-electron chi connectivity index (χ3n) is 2.92. The van der Waals surface area contributed by atoms with Crippen LogP contribution in [0.3, 0.4) is 0 Å². The average molecular weight is 258 g/mol. The zero-order valence-corrected chi connectivity index (χ0v) is 11.0. The summed E-state index contributed by atoms with van der Waals surface area (Å²) in [5.41, 5.74) is 1.94.